The lowest BCUT2D eigenvalue weighted by Gasteiger charge is -2.43. The van der Waals surface area contributed by atoms with E-state index in [2.05, 4.69) is 23.3 Å². The molecule has 23 heavy (non-hydrogen) atoms. The number of likely N-dealkylation sites (tertiary alicyclic amines) is 1. The number of carbonyl (C=O) groups excluding carboxylic acids is 1. The van der Waals surface area contributed by atoms with E-state index in [9.17, 15) is 4.79 Å². The van der Waals surface area contributed by atoms with Gasteiger partial charge in [-0.2, -0.15) is 0 Å². The first-order chi connectivity index (χ1) is 11.0. The molecule has 1 N–H and O–H groups in total. The summed E-state index contributed by atoms with van der Waals surface area (Å²) in [5.41, 5.74) is 1.14. The Hall–Kier alpha value is -1.46. The molecule has 0 aromatic carbocycles. The molecule has 3 rings (SSSR count). The summed E-state index contributed by atoms with van der Waals surface area (Å²) in [6.07, 6.45) is 8.71. The van der Waals surface area contributed by atoms with E-state index in [0.29, 0.717) is 12.5 Å². The van der Waals surface area contributed by atoms with Crippen LogP contribution in [0.15, 0.2) is 24.5 Å². The molecule has 1 aliphatic heterocycles. The molecule has 5 heteroatoms. The maximum absolute atomic E-state index is 12.2. The van der Waals surface area contributed by atoms with Gasteiger partial charge in [-0.25, -0.2) is 0 Å². The van der Waals surface area contributed by atoms with Crippen LogP contribution in [0, 0.1) is 0 Å². The summed E-state index contributed by atoms with van der Waals surface area (Å²) in [5.74, 6) is 0.189. The molecule has 2 fully saturated rings. The van der Waals surface area contributed by atoms with Crippen LogP contribution in [-0.2, 0) is 9.53 Å². The summed E-state index contributed by atoms with van der Waals surface area (Å²) >= 11 is 0. The van der Waals surface area contributed by atoms with E-state index >= 15 is 0 Å². The van der Waals surface area contributed by atoms with E-state index in [1.165, 1.54) is 6.42 Å². The van der Waals surface area contributed by atoms with Crippen molar-refractivity contribution in [3.05, 3.63) is 30.1 Å². The topological polar surface area (TPSA) is 54.5 Å². The normalized spacial score (nSPS) is 27.8. The van der Waals surface area contributed by atoms with Gasteiger partial charge in [-0.05, 0) is 44.2 Å². The van der Waals surface area contributed by atoms with Crippen molar-refractivity contribution in [2.45, 2.75) is 62.8 Å². The van der Waals surface area contributed by atoms with Gasteiger partial charge in [0.1, 0.15) is 0 Å². The van der Waals surface area contributed by atoms with Crippen molar-refractivity contribution in [2.75, 3.05) is 14.2 Å². The second-order valence-corrected chi connectivity index (χ2v) is 7.06. The Balaban J connectivity index is 1.69. The van der Waals surface area contributed by atoms with Crippen molar-refractivity contribution >= 4 is 5.91 Å². The Morgan fingerprint density at radius 2 is 2.30 bits per heavy atom. The Kier molecular flexibility index (Phi) is 4.69. The van der Waals surface area contributed by atoms with E-state index in [0.717, 1.165) is 24.8 Å². The fourth-order valence-electron chi connectivity index (χ4n) is 4.07. The second-order valence-electron chi connectivity index (χ2n) is 7.06. The van der Waals surface area contributed by atoms with E-state index < -0.39 is 0 Å². The molecule has 1 saturated carbocycles. The molecule has 126 valence electrons. The van der Waals surface area contributed by atoms with Crippen LogP contribution >= 0.6 is 0 Å². The first-order valence-electron chi connectivity index (χ1n) is 8.51. The fraction of sp³-hybridized carbons (Fsp3) is 0.667. The van der Waals surface area contributed by atoms with Crippen LogP contribution in [0.2, 0.25) is 0 Å². The predicted octanol–water partition coefficient (Wildman–Crippen LogP) is 2.29. The van der Waals surface area contributed by atoms with Gasteiger partial charge in [0.05, 0.1) is 11.6 Å². The molecular formula is C18H27N3O2. The van der Waals surface area contributed by atoms with E-state index in [1.807, 2.05) is 31.3 Å². The van der Waals surface area contributed by atoms with Crippen LogP contribution in [0.3, 0.4) is 0 Å². The van der Waals surface area contributed by atoms with E-state index in [-0.39, 0.29) is 23.6 Å². The van der Waals surface area contributed by atoms with Gasteiger partial charge in [-0.3, -0.25) is 9.78 Å². The molecule has 0 unspecified atom stereocenters. The Morgan fingerprint density at radius 1 is 1.52 bits per heavy atom. The van der Waals surface area contributed by atoms with Crippen LogP contribution in [0.5, 0.6) is 0 Å². The van der Waals surface area contributed by atoms with Crippen LogP contribution in [0.1, 0.15) is 50.6 Å². The van der Waals surface area contributed by atoms with Gasteiger partial charge in [0.15, 0.2) is 0 Å². The van der Waals surface area contributed by atoms with Crippen molar-refractivity contribution in [1.29, 1.82) is 0 Å². The van der Waals surface area contributed by atoms with Crippen molar-refractivity contribution < 1.29 is 9.53 Å². The largest absolute Gasteiger partial charge is 0.378 e. The van der Waals surface area contributed by atoms with Gasteiger partial charge in [0, 0.05) is 45.1 Å². The fourth-order valence-corrected chi connectivity index (χ4v) is 4.07. The zero-order chi connectivity index (χ0) is 16.4. The number of hydrogen-bond acceptors (Lipinski definition) is 4. The molecule has 1 aromatic heterocycles. The van der Waals surface area contributed by atoms with E-state index in [1.54, 1.807) is 6.20 Å². The van der Waals surface area contributed by atoms with Gasteiger partial charge < -0.3 is 15.0 Å². The number of ether oxygens (including phenoxy) is 1. The highest BCUT2D eigenvalue weighted by atomic mass is 16.5. The molecule has 5 nitrogen and oxygen atoms in total. The molecule has 1 aromatic rings. The number of amides is 1. The number of rotatable bonds is 6. The SMILES string of the molecule is COC1(C[C@@H](C)N[C@@H]2CC(=O)N(C)[C@H]2c2cccnc2)CCC1. The summed E-state index contributed by atoms with van der Waals surface area (Å²) in [6, 6.07) is 4.48. The maximum Gasteiger partial charge on any atom is 0.224 e. The predicted molar refractivity (Wildman–Crippen MR) is 89.0 cm³/mol. The average molecular weight is 317 g/mol. The Labute approximate surface area is 138 Å². The number of nitrogens with zero attached hydrogens (tertiary/aromatic N) is 2. The third kappa shape index (κ3) is 3.26. The van der Waals surface area contributed by atoms with Crippen LogP contribution in [0.25, 0.3) is 0 Å². The minimum Gasteiger partial charge on any atom is -0.378 e. The number of carbonyl (C=O) groups is 1. The molecule has 1 amide bonds. The van der Waals surface area contributed by atoms with Gasteiger partial charge in [0.2, 0.25) is 5.91 Å². The van der Waals surface area contributed by atoms with Crippen molar-refractivity contribution in [2.24, 2.45) is 0 Å². The number of likely N-dealkylation sites (N-methyl/N-ethyl adjacent to an activating group) is 1. The maximum atomic E-state index is 12.2. The van der Waals surface area contributed by atoms with Crippen molar-refractivity contribution in [3.8, 4) is 0 Å². The lowest BCUT2D eigenvalue weighted by Crippen LogP contribution is -2.48. The molecule has 2 heterocycles. The first kappa shape index (κ1) is 16.4. The number of nitrogens with one attached hydrogen (secondary N) is 1. The van der Waals surface area contributed by atoms with E-state index in [4.69, 9.17) is 4.74 Å². The van der Waals surface area contributed by atoms with Gasteiger partial charge >= 0.3 is 0 Å². The van der Waals surface area contributed by atoms with Gasteiger partial charge in [0.25, 0.3) is 0 Å². The number of hydrogen-bond donors (Lipinski definition) is 1. The van der Waals surface area contributed by atoms with Crippen LogP contribution in [-0.4, -0.2) is 47.6 Å². The minimum atomic E-state index is 0.0464. The van der Waals surface area contributed by atoms with Gasteiger partial charge in [-0.1, -0.05) is 6.07 Å². The highest BCUT2D eigenvalue weighted by Crippen LogP contribution is 2.39. The smallest absolute Gasteiger partial charge is 0.224 e. The molecule has 1 aliphatic carbocycles. The minimum absolute atomic E-state index is 0.0464. The molecule has 0 spiro atoms. The number of aromatic nitrogens is 1. The summed E-state index contributed by atoms with van der Waals surface area (Å²) in [6.45, 7) is 2.20. The first-order valence-corrected chi connectivity index (χ1v) is 8.51. The average Bonchev–Trinajstić information content (AvgIpc) is 2.78. The molecule has 3 atom stereocenters. The zero-order valence-corrected chi connectivity index (χ0v) is 14.3. The number of methoxy groups -OCH3 is 1. The summed E-state index contributed by atoms with van der Waals surface area (Å²) in [5, 5.41) is 3.68. The monoisotopic (exact) mass is 317 g/mol. The van der Waals surface area contributed by atoms with Crippen molar-refractivity contribution in [1.82, 2.24) is 15.2 Å². The Morgan fingerprint density at radius 3 is 2.87 bits per heavy atom. The standard InChI is InChI=1S/C18H27N3O2/c1-13(11-18(23-3)7-5-8-18)20-15-10-16(22)21(2)17(15)14-6-4-9-19-12-14/h4,6,9,12-13,15,17,20H,5,7-8,10-11H2,1-3H3/t13-,15-,17+/m1/s1. The van der Waals surface area contributed by atoms with Crippen molar-refractivity contribution in [3.63, 3.8) is 0 Å². The lowest BCUT2D eigenvalue weighted by molar-refractivity contribution is -0.127. The lowest BCUT2D eigenvalue weighted by atomic mass is 9.75. The quantitative estimate of drug-likeness (QED) is 0.874. The highest BCUT2D eigenvalue weighted by molar-refractivity contribution is 5.80. The molecule has 0 bridgehead atoms. The third-order valence-electron chi connectivity index (χ3n) is 5.49. The number of pyridine rings is 1. The molecule has 0 radical (unpaired) electrons. The van der Waals surface area contributed by atoms with Crippen LogP contribution in [0.4, 0.5) is 0 Å². The summed E-state index contributed by atoms with van der Waals surface area (Å²) < 4.78 is 5.74. The second kappa shape index (κ2) is 6.57. The zero-order valence-electron chi connectivity index (χ0n) is 14.3. The summed E-state index contributed by atoms with van der Waals surface area (Å²) in [4.78, 5) is 18.3. The third-order valence-corrected chi connectivity index (χ3v) is 5.49. The Bertz CT molecular complexity index is 539. The summed E-state index contributed by atoms with van der Waals surface area (Å²) in [7, 11) is 3.70. The molecule has 1 saturated heterocycles. The molecular weight excluding hydrogens is 290 g/mol. The molecule has 2 aliphatic rings. The highest BCUT2D eigenvalue weighted by Gasteiger charge is 2.42. The van der Waals surface area contributed by atoms with Gasteiger partial charge in [-0.15, -0.1) is 0 Å². The van der Waals surface area contributed by atoms with Crippen LogP contribution < -0.4 is 5.32 Å².